The van der Waals surface area contributed by atoms with Crippen LogP contribution in [0.3, 0.4) is 0 Å². The summed E-state index contributed by atoms with van der Waals surface area (Å²) in [6, 6.07) is 15.2. The number of ether oxygens (including phenoxy) is 1. The molecule has 32 heavy (non-hydrogen) atoms. The zero-order chi connectivity index (χ0) is 22.5. The van der Waals surface area contributed by atoms with Crippen molar-refractivity contribution in [3.05, 3.63) is 75.1 Å². The molecular weight excluding hydrogens is 480 g/mol. The number of nitrogens with one attached hydrogen (secondary N) is 1. The van der Waals surface area contributed by atoms with Gasteiger partial charge >= 0.3 is 0 Å². The summed E-state index contributed by atoms with van der Waals surface area (Å²) >= 11 is 3.45. The summed E-state index contributed by atoms with van der Waals surface area (Å²) in [6.07, 6.45) is 2.16. The van der Waals surface area contributed by atoms with E-state index in [1.165, 1.54) is 0 Å². The fraction of sp³-hybridized carbons (Fsp3) is 0.190. The van der Waals surface area contributed by atoms with Crippen molar-refractivity contribution in [1.29, 1.82) is 0 Å². The molecule has 0 saturated carbocycles. The third-order valence-electron chi connectivity index (χ3n) is 4.48. The molecule has 0 fully saturated rings. The molecule has 0 atom stereocenters. The Morgan fingerprint density at radius 1 is 1.09 bits per heavy atom. The predicted molar refractivity (Wildman–Crippen MR) is 122 cm³/mol. The number of aryl methyl sites for hydroxylation is 1. The predicted octanol–water partition coefficient (Wildman–Crippen LogP) is 4.61. The molecule has 0 aliphatic rings. The lowest BCUT2D eigenvalue weighted by molar-refractivity contribution is -0.757. The van der Waals surface area contributed by atoms with Gasteiger partial charge in [0.25, 0.3) is 5.09 Å². The molecule has 1 N–H and O–H groups in total. The van der Waals surface area contributed by atoms with Crippen LogP contribution in [0.4, 0.5) is 11.5 Å². The molecule has 0 amide bonds. The summed E-state index contributed by atoms with van der Waals surface area (Å²) in [5, 5.41) is 17.9. The Morgan fingerprint density at radius 2 is 1.84 bits per heavy atom. The lowest BCUT2D eigenvalue weighted by Gasteiger charge is -2.10. The molecule has 0 aliphatic carbocycles. The highest BCUT2D eigenvalue weighted by Crippen LogP contribution is 2.27. The number of fused-ring (bicyclic) bond motifs is 1. The summed E-state index contributed by atoms with van der Waals surface area (Å²) in [5.41, 5.74) is 2.43. The second kappa shape index (κ2) is 9.60. The lowest BCUT2D eigenvalue weighted by atomic mass is 10.3. The summed E-state index contributed by atoms with van der Waals surface area (Å²) in [4.78, 5) is 23.5. The zero-order valence-corrected chi connectivity index (χ0v) is 18.7. The average molecular weight is 499 g/mol. The highest BCUT2D eigenvalue weighted by Gasteiger charge is 2.13. The maximum atomic E-state index is 10.1. The topological polar surface area (TPSA) is 117 Å². The molecule has 0 aliphatic heterocycles. The van der Waals surface area contributed by atoms with Gasteiger partial charge in [-0.2, -0.15) is 5.10 Å². The van der Waals surface area contributed by atoms with Crippen LogP contribution in [0, 0.1) is 17.0 Å². The lowest BCUT2D eigenvalue weighted by Crippen LogP contribution is -2.06. The van der Waals surface area contributed by atoms with Gasteiger partial charge in [-0.15, -0.1) is 10.1 Å². The number of hydrogen-bond donors (Lipinski definition) is 1. The van der Waals surface area contributed by atoms with Crippen molar-refractivity contribution >= 4 is 38.5 Å². The average Bonchev–Trinajstić information content (AvgIpc) is 3.19. The van der Waals surface area contributed by atoms with Crippen molar-refractivity contribution in [2.24, 2.45) is 0 Å². The standard InChI is InChI=1S/C21H19BrN6O4/c1-14-24-20(19-13-23-27(21(19)25-14)17-7-3-15(22)4-8-17)26-16-5-9-18(10-6-16)31-11-2-12-32-28(29)30/h3-10,13H,2,11-12H2,1H3,(H,24,25,26). The van der Waals surface area contributed by atoms with E-state index >= 15 is 0 Å². The van der Waals surface area contributed by atoms with Crippen molar-refractivity contribution < 1.29 is 14.7 Å². The number of aromatic nitrogens is 4. The zero-order valence-electron chi connectivity index (χ0n) is 17.1. The molecule has 164 valence electrons. The summed E-state index contributed by atoms with van der Waals surface area (Å²) in [7, 11) is 0. The Hall–Kier alpha value is -3.73. The van der Waals surface area contributed by atoms with E-state index in [0.29, 0.717) is 36.1 Å². The SMILES string of the molecule is Cc1nc(Nc2ccc(OCCCO[N+](=O)[O-])cc2)c2cnn(-c3ccc(Br)cc3)c2n1. The van der Waals surface area contributed by atoms with Gasteiger partial charge in [0.2, 0.25) is 0 Å². The van der Waals surface area contributed by atoms with Crippen LogP contribution < -0.4 is 10.1 Å². The molecule has 2 heterocycles. The second-order valence-corrected chi connectivity index (χ2v) is 7.71. The first kappa shape index (κ1) is 21.5. The van der Waals surface area contributed by atoms with Crippen LogP contribution in [-0.4, -0.2) is 38.0 Å². The first-order valence-electron chi connectivity index (χ1n) is 9.75. The van der Waals surface area contributed by atoms with Crippen LogP contribution in [0.5, 0.6) is 5.75 Å². The molecule has 4 rings (SSSR count). The van der Waals surface area contributed by atoms with Gasteiger partial charge in [-0.05, 0) is 55.5 Å². The van der Waals surface area contributed by atoms with Gasteiger partial charge in [-0.1, -0.05) is 15.9 Å². The van der Waals surface area contributed by atoms with E-state index in [4.69, 9.17) is 4.74 Å². The molecular formula is C21H19BrN6O4. The van der Waals surface area contributed by atoms with Crippen molar-refractivity contribution in [1.82, 2.24) is 19.7 Å². The molecule has 0 unspecified atom stereocenters. The number of rotatable bonds is 9. The molecule has 4 aromatic rings. The van der Waals surface area contributed by atoms with Crippen LogP contribution >= 0.6 is 15.9 Å². The first-order chi connectivity index (χ1) is 15.5. The van der Waals surface area contributed by atoms with Gasteiger partial charge in [0, 0.05) is 16.6 Å². The molecule has 11 heteroatoms. The smallest absolute Gasteiger partial charge is 0.294 e. The van der Waals surface area contributed by atoms with E-state index in [2.05, 4.69) is 41.2 Å². The third kappa shape index (κ3) is 5.11. The van der Waals surface area contributed by atoms with Gasteiger partial charge in [0.1, 0.15) is 17.4 Å². The van der Waals surface area contributed by atoms with Gasteiger partial charge in [-0.25, -0.2) is 14.6 Å². The monoisotopic (exact) mass is 498 g/mol. The number of benzene rings is 2. The summed E-state index contributed by atoms with van der Waals surface area (Å²) in [5.74, 6) is 1.93. The van der Waals surface area contributed by atoms with E-state index in [1.54, 1.807) is 10.9 Å². The molecule has 0 bridgehead atoms. The largest absolute Gasteiger partial charge is 0.494 e. The minimum absolute atomic E-state index is 0.00361. The Morgan fingerprint density at radius 3 is 2.56 bits per heavy atom. The molecule has 2 aromatic heterocycles. The maximum absolute atomic E-state index is 10.1. The number of hydrogen-bond acceptors (Lipinski definition) is 8. The number of halogens is 1. The minimum atomic E-state index is -0.811. The summed E-state index contributed by atoms with van der Waals surface area (Å²) < 4.78 is 8.34. The Bertz CT molecular complexity index is 1230. The Labute approximate surface area is 191 Å². The molecule has 0 radical (unpaired) electrons. The highest BCUT2D eigenvalue weighted by atomic mass is 79.9. The minimum Gasteiger partial charge on any atom is -0.494 e. The van der Waals surface area contributed by atoms with E-state index < -0.39 is 5.09 Å². The Kier molecular flexibility index (Phi) is 6.45. The molecule has 0 spiro atoms. The normalized spacial score (nSPS) is 10.8. The fourth-order valence-electron chi connectivity index (χ4n) is 3.04. The van der Waals surface area contributed by atoms with Gasteiger partial charge in [-0.3, -0.25) is 0 Å². The molecule has 2 aromatic carbocycles. The third-order valence-corrected chi connectivity index (χ3v) is 5.01. The van der Waals surface area contributed by atoms with Crippen molar-refractivity contribution in [2.75, 3.05) is 18.5 Å². The van der Waals surface area contributed by atoms with Gasteiger partial charge in [0.05, 0.1) is 30.5 Å². The summed E-state index contributed by atoms with van der Waals surface area (Å²) in [6.45, 7) is 2.16. The Balaban J connectivity index is 1.48. The quantitative estimate of drug-likeness (QED) is 0.202. The fourth-order valence-corrected chi connectivity index (χ4v) is 3.31. The maximum Gasteiger partial charge on any atom is 0.294 e. The van der Waals surface area contributed by atoms with Crippen LogP contribution in [0.15, 0.2) is 59.2 Å². The van der Waals surface area contributed by atoms with Crippen LogP contribution in [0.2, 0.25) is 0 Å². The van der Waals surface area contributed by atoms with Crippen molar-refractivity contribution in [3.8, 4) is 11.4 Å². The van der Waals surface area contributed by atoms with Crippen LogP contribution in [0.1, 0.15) is 12.2 Å². The number of nitrogens with zero attached hydrogens (tertiary/aromatic N) is 5. The first-order valence-corrected chi connectivity index (χ1v) is 10.5. The van der Waals surface area contributed by atoms with Crippen LogP contribution in [-0.2, 0) is 4.84 Å². The number of anilines is 2. The van der Waals surface area contributed by atoms with Gasteiger partial charge in [0.15, 0.2) is 5.65 Å². The highest BCUT2D eigenvalue weighted by molar-refractivity contribution is 9.10. The van der Waals surface area contributed by atoms with Crippen LogP contribution in [0.25, 0.3) is 16.7 Å². The van der Waals surface area contributed by atoms with Crippen molar-refractivity contribution in [3.63, 3.8) is 0 Å². The van der Waals surface area contributed by atoms with Crippen molar-refractivity contribution in [2.45, 2.75) is 13.3 Å². The molecule has 10 nitrogen and oxygen atoms in total. The van der Waals surface area contributed by atoms with E-state index in [1.807, 2.05) is 55.5 Å². The van der Waals surface area contributed by atoms with Gasteiger partial charge < -0.3 is 14.9 Å². The molecule has 0 saturated heterocycles. The second-order valence-electron chi connectivity index (χ2n) is 6.80. The van der Waals surface area contributed by atoms with E-state index in [-0.39, 0.29) is 6.61 Å². The van der Waals surface area contributed by atoms with E-state index in [0.717, 1.165) is 21.2 Å². The van der Waals surface area contributed by atoms with E-state index in [9.17, 15) is 10.1 Å².